The van der Waals surface area contributed by atoms with Crippen LogP contribution in [0.3, 0.4) is 0 Å². The van der Waals surface area contributed by atoms with Gasteiger partial charge in [-0.05, 0) is 35.2 Å². The van der Waals surface area contributed by atoms with E-state index in [2.05, 4.69) is 17.4 Å². The van der Waals surface area contributed by atoms with Crippen molar-refractivity contribution in [2.24, 2.45) is 0 Å². The Hall–Kier alpha value is -2.53. The molecule has 26 heavy (non-hydrogen) atoms. The largest absolute Gasteiger partial charge is 0.334 e. The third kappa shape index (κ3) is 3.27. The molecule has 1 atom stereocenters. The SMILES string of the molecule is O=C(NCc1cccc(Cl)c1)N1CC(=O)N2CCc3ccccc3C2C1. The molecule has 2 aliphatic heterocycles. The lowest BCUT2D eigenvalue weighted by Crippen LogP contribution is -2.57. The fraction of sp³-hybridized carbons (Fsp3) is 0.300. The van der Waals surface area contributed by atoms with Crippen LogP contribution in [0.25, 0.3) is 0 Å². The molecule has 1 saturated heterocycles. The minimum Gasteiger partial charge on any atom is -0.334 e. The van der Waals surface area contributed by atoms with Gasteiger partial charge in [-0.25, -0.2) is 4.79 Å². The number of carbonyl (C=O) groups excluding carboxylic acids is 2. The molecule has 0 aromatic heterocycles. The van der Waals surface area contributed by atoms with Crippen LogP contribution in [0.5, 0.6) is 0 Å². The van der Waals surface area contributed by atoms with E-state index < -0.39 is 0 Å². The molecular formula is C20H20ClN3O2. The second-order valence-corrected chi connectivity index (χ2v) is 7.16. The smallest absolute Gasteiger partial charge is 0.318 e. The van der Waals surface area contributed by atoms with Crippen LogP contribution in [0.4, 0.5) is 4.79 Å². The fourth-order valence-electron chi connectivity index (χ4n) is 3.77. The Morgan fingerprint density at radius 3 is 2.88 bits per heavy atom. The minimum absolute atomic E-state index is 0.00802. The zero-order valence-corrected chi connectivity index (χ0v) is 15.1. The van der Waals surface area contributed by atoms with Crippen LogP contribution < -0.4 is 5.32 Å². The van der Waals surface area contributed by atoms with Gasteiger partial charge in [0.05, 0.1) is 6.04 Å². The summed E-state index contributed by atoms with van der Waals surface area (Å²) in [5, 5.41) is 3.53. The summed E-state index contributed by atoms with van der Waals surface area (Å²) < 4.78 is 0. The molecule has 2 aliphatic rings. The Morgan fingerprint density at radius 2 is 2.04 bits per heavy atom. The predicted molar refractivity (Wildman–Crippen MR) is 99.9 cm³/mol. The van der Waals surface area contributed by atoms with Gasteiger partial charge in [-0.1, -0.05) is 48.0 Å². The molecule has 2 aromatic carbocycles. The topological polar surface area (TPSA) is 52.7 Å². The normalized spacial score (nSPS) is 19.0. The Morgan fingerprint density at radius 1 is 1.19 bits per heavy atom. The van der Waals surface area contributed by atoms with E-state index in [0.29, 0.717) is 18.1 Å². The Kier molecular flexibility index (Phi) is 4.55. The third-order valence-corrected chi connectivity index (χ3v) is 5.31. The van der Waals surface area contributed by atoms with Crippen molar-refractivity contribution in [1.29, 1.82) is 0 Å². The maximum atomic E-state index is 12.6. The van der Waals surface area contributed by atoms with Crippen LogP contribution >= 0.6 is 11.6 Å². The number of hydrogen-bond donors (Lipinski definition) is 1. The van der Waals surface area contributed by atoms with Gasteiger partial charge in [0, 0.05) is 24.7 Å². The molecule has 134 valence electrons. The van der Waals surface area contributed by atoms with Gasteiger partial charge in [-0.3, -0.25) is 4.79 Å². The zero-order chi connectivity index (χ0) is 18.1. The van der Waals surface area contributed by atoms with E-state index in [-0.39, 0.29) is 24.5 Å². The number of carbonyl (C=O) groups is 2. The molecule has 1 unspecified atom stereocenters. The van der Waals surface area contributed by atoms with Gasteiger partial charge in [0.15, 0.2) is 0 Å². The third-order valence-electron chi connectivity index (χ3n) is 5.07. The number of fused-ring (bicyclic) bond motifs is 3. The number of nitrogens with zero attached hydrogens (tertiary/aromatic N) is 2. The molecule has 0 radical (unpaired) electrons. The number of rotatable bonds is 2. The Balaban J connectivity index is 1.47. The van der Waals surface area contributed by atoms with E-state index in [4.69, 9.17) is 11.6 Å². The summed E-state index contributed by atoms with van der Waals surface area (Å²) in [4.78, 5) is 28.7. The molecular weight excluding hydrogens is 350 g/mol. The van der Waals surface area contributed by atoms with E-state index in [1.54, 1.807) is 11.0 Å². The summed E-state index contributed by atoms with van der Waals surface area (Å²) in [7, 11) is 0. The first-order valence-electron chi connectivity index (χ1n) is 8.76. The lowest BCUT2D eigenvalue weighted by atomic mass is 9.91. The van der Waals surface area contributed by atoms with Crippen LogP contribution in [-0.2, 0) is 17.8 Å². The van der Waals surface area contributed by atoms with E-state index in [1.165, 1.54) is 5.56 Å². The van der Waals surface area contributed by atoms with Crippen LogP contribution in [0.1, 0.15) is 22.7 Å². The molecule has 0 spiro atoms. The summed E-state index contributed by atoms with van der Waals surface area (Å²) in [5.41, 5.74) is 3.35. The molecule has 0 saturated carbocycles. The first-order chi connectivity index (χ1) is 12.6. The van der Waals surface area contributed by atoms with Crippen molar-refractivity contribution in [3.05, 3.63) is 70.2 Å². The van der Waals surface area contributed by atoms with E-state index >= 15 is 0 Å². The molecule has 4 rings (SSSR count). The fourth-order valence-corrected chi connectivity index (χ4v) is 3.98. The summed E-state index contributed by atoms with van der Waals surface area (Å²) >= 11 is 5.98. The second-order valence-electron chi connectivity index (χ2n) is 6.72. The van der Waals surface area contributed by atoms with E-state index in [1.807, 2.05) is 35.2 Å². The number of benzene rings is 2. The number of urea groups is 1. The molecule has 2 heterocycles. The number of hydrogen-bond acceptors (Lipinski definition) is 2. The lowest BCUT2D eigenvalue weighted by molar-refractivity contribution is -0.139. The zero-order valence-electron chi connectivity index (χ0n) is 14.3. The highest BCUT2D eigenvalue weighted by molar-refractivity contribution is 6.30. The molecule has 6 heteroatoms. The van der Waals surface area contributed by atoms with Crippen LogP contribution in [0.15, 0.2) is 48.5 Å². The average molecular weight is 370 g/mol. The second kappa shape index (κ2) is 7.00. The van der Waals surface area contributed by atoms with Crippen molar-refractivity contribution in [3.8, 4) is 0 Å². The summed E-state index contributed by atoms with van der Waals surface area (Å²) in [6, 6.07) is 15.3. The van der Waals surface area contributed by atoms with E-state index in [9.17, 15) is 9.59 Å². The minimum atomic E-state index is -0.221. The molecule has 2 aromatic rings. The van der Waals surface area contributed by atoms with Crippen LogP contribution in [0, 0.1) is 0 Å². The number of nitrogens with one attached hydrogen (secondary N) is 1. The van der Waals surface area contributed by atoms with Gasteiger partial charge in [-0.15, -0.1) is 0 Å². The van der Waals surface area contributed by atoms with Crippen molar-refractivity contribution in [2.45, 2.75) is 19.0 Å². The van der Waals surface area contributed by atoms with Gasteiger partial charge < -0.3 is 15.1 Å². The monoisotopic (exact) mass is 369 g/mol. The van der Waals surface area contributed by atoms with Crippen LogP contribution in [0.2, 0.25) is 5.02 Å². The highest BCUT2D eigenvalue weighted by Gasteiger charge is 2.38. The maximum absolute atomic E-state index is 12.6. The van der Waals surface area contributed by atoms with Gasteiger partial charge in [0.25, 0.3) is 0 Å². The predicted octanol–water partition coefficient (Wildman–Crippen LogP) is 2.99. The summed E-state index contributed by atoms with van der Waals surface area (Å²) in [6.45, 7) is 1.75. The first-order valence-corrected chi connectivity index (χ1v) is 9.14. The van der Waals surface area contributed by atoms with Gasteiger partial charge >= 0.3 is 6.03 Å². The molecule has 0 aliphatic carbocycles. The van der Waals surface area contributed by atoms with Crippen molar-refractivity contribution in [2.75, 3.05) is 19.6 Å². The van der Waals surface area contributed by atoms with Crippen molar-refractivity contribution in [1.82, 2.24) is 15.1 Å². The maximum Gasteiger partial charge on any atom is 0.318 e. The Bertz CT molecular complexity index is 854. The quantitative estimate of drug-likeness (QED) is 0.884. The highest BCUT2D eigenvalue weighted by atomic mass is 35.5. The molecule has 1 fully saturated rings. The number of piperazine rings is 1. The molecule has 3 amide bonds. The molecule has 5 nitrogen and oxygen atoms in total. The summed E-state index contributed by atoms with van der Waals surface area (Å²) in [6.07, 6.45) is 0.874. The lowest BCUT2D eigenvalue weighted by Gasteiger charge is -2.44. The average Bonchev–Trinajstić information content (AvgIpc) is 2.66. The van der Waals surface area contributed by atoms with Gasteiger partial charge in [-0.2, -0.15) is 0 Å². The molecule has 0 bridgehead atoms. The van der Waals surface area contributed by atoms with Crippen molar-refractivity contribution < 1.29 is 9.59 Å². The van der Waals surface area contributed by atoms with Crippen molar-refractivity contribution in [3.63, 3.8) is 0 Å². The van der Waals surface area contributed by atoms with Crippen molar-refractivity contribution >= 4 is 23.5 Å². The van der Waals surface area contributed by atoms with Crippen LogP contribution in [-0.4, -0.2) is 41.4 Å². The number of amides is 3. The number of halogens is 1. The first kappa shape index (κ1) is 16.9. The standard InChI is InChI=1S/C20H20ClN3O2/c21-16-6-3-4-14(10-16)11-22-20(26)23-12-18-17-7-2-1-5-15(17)8-9-24(18)19(25)13-23/h1-7,10,18H,8-9,11-13H2,(H,22,26). The highest BCUT2D eigenvalue weighted by Crippen LogP contribution is 2.32. The van der Waals surface area contributed by atoms with Gasteiger partial charge in [0.2, 0.25) is 5.91 Å². The Labute approximate surface area is 157 Å². The van der Waals surface area contributed by atoms with Gasteiger partial charge in [0.1, 0.15) is 6.54 Å². The molecule has 1 N–H and O–H groups in total. The van der Waals surface area contributed by atoms with E-state index in [0.717, 1.165) is 24.1 Å². The summed E-state index contributed by atoms with van der Waals surface area (Å²) in [5.74, 6) is 0.00802.